The third-order valence-electron chi connectivity index (χ3n) is 3.54. The third-order valence-corrected chi connectivity index (χ3v) is 3.54. The van der Waals surface area contributed by atoms with Crippen LogP contribution in [0.4, 0.5) is 0 Å². The number of rotatable bonds is 1. The molecule has 0 radical (unpaired) electrons. The standard InChI is InChI=1S/C15H17NO2/c1-10-7-13-14(8-16(2)9-15(13)18-10)11-3-5-12(17)6-4-11/h3-7,14,17H,8-9H2,1-2H3. The van der Waals surface area contributed by atoms with Gasteiger partial charge in [0.2, 0.25) is 0 Å². The van der Waals surface area contributed by atoms with Crippen molar-refractivity contribution < 1.29 is 9.52 Å². The number of aromatic hydroxyl groups is 1. The van der Waals surface area contributed by atoms with Crippen molar-refractivity contribution in [2.45, 2.75) is 19.4 Å². The first-order chi connectivity index (χ1) is 8.63. The highest BCUT2D eigenvalue weighted by molar-refractivity contribution is 5.39. The van der Waals surface area contributed by atoms with E-state index in [1.165, 1.54) is 11.1 Å². The summed E-state index contributed by atoms with van der Waals surface area (Å²) in [6.45, 7) is 3.85. The van der Waals surface area contributed by atoms with Crippen LogP contribution in [0.5, 0.6) is 5.75 Å². The molecule has 0 amide bonds. The SMILES string of the molecule is Cc1cc2c(o1)CN(C)CC2c1ccc(O)cc1. The number of aryl methyl sites for hydroxylation is 1. The van der Waals surface area contributed by atoms with E-state index in [1.54, 1.807) is 12.1 Å². The average Bonchev–Trinajstić information content (AvgIpc) is 2.69. The van der Waals surface area contributed by atoms with Crippen molar-refractivity contribution in [2.75, 3.05) is 13.6 Å². The Bertz CT molecular complexity index is 556. The molecule has 1 atom stereocenters. The predicted molar refractivity (Wildman–Crippen MR) is 69.7 cm³/mol. The Hall–Kier alpha value is -1.74. The molecule has 3 rings (SSSR count). The summed E-state index contributed by atoms with van der Waals surface area (Å²) >= 11 is 0. The molecule has 0 fully saturated rings. The van der Waals surface area contributed by atoms with Gasteiger partial charge in [-0.25, -0.2) is 0 Å². The lowest BCUT2D eigenvalue weighted by Gasteiger charge is -2.29. The van der Waals surface area contributed by atoms with Crippen LogP contribution in [0.15, 0.2) is 34.7 Å². The van der Waals surface area contributed by atoms with Crippen LogP contribution in [0.1, 0.15) is 28.6 Å². The molecule has 94 valence electrons. The summed E-state index contributed by atoms with van der Waals surface area (Å²) in [5, 5.41) is 9.38. The molecular weight excluding hydrogens is 226 g/mol. The van der Waals surface area contributed by atoms with Crippen LogP contribution in [0.2, 0.25) is 0 Å². The molecule has 18 heavy (non-hydrogen) atoms. The summed E-state index contributed by atoms with van der Waals surface area (Å²) in [5.41, 5.74) is 2.51. The quantitative estimate of drug-likeness (QED) is 0.836. The minimum atomic E-state index is 0.312. The number of hydrogen-bond donors (Lipinski definition) is 1. The first kappa shape index (κ1) is 11.4. The molecule has 0 bridgehead atoms. The van der Waals surface area contributed by atoms with E-state index in [-0.39, 0.29) is 0 Å². The van der Waals surface area contributed by atoms with Crippen molar-refractivity contribution in [3.8, 4) is 5.75 Å². The molecule has 2 heterocycles. The van der Waals surface area contributed by atoms with Gasteiger partial charge < -0.3 is 9.52 Å². The van der Waals surface area contributed by atoms with Crippen molar-refractivity contribution in [2.24, 2.45) is 0 Å². The monoisotopic (exact) mass is 243 g/mol. The first-order valence-corrected chi connectivity index (χ1v) is 6.20. The smallest absolute Gasteiger partial charge is 0.121 e. The molecule has 0 saturated heterocycles. The molecular formula is C15H17NO2. The molecule has 0 spiro atoms. The van der Waals surface area contributed by atoms with Gasteiger partial charge in [0.1, 0.15) is 17.3 Å². The van der Waals surface area contributed by atoms with Crippen LogP contribution < -0.4 is 0 Å². The molecule has 1 aliphatic rings. The molecule has 1 aromatic carbocycles. The molecule has 3 heteroatoms. The Morgan fingerprint density at radius 2 is 2.00 bits per heavy atom. The van der Waals surface area contributed by atoms with E-state index in [9.17, 15) is 5.11 Å². The Labute approximate surface area is 107 Å². The molecule has 1 aromatic heterocycles. The van der Waals surface area contributed by atoms with E-state index < -0.39 is 0 Å². The van der Waals surface area contributed by atoms with Gasteiger partial charge in [-0.3, -0.25) is 4.90 Å². The highest BCUT2D eigenvalue weighted by Crippen LogP contribution is 2.35. The summed E-state index contributed by atoms with van der Waals surface area (Å²) in [6.07, 6.45) is 0. The highest BCUT2D eigenvalue weighted by atomic mass is 16.3. The van der Waals surface area contributed by atoms with Gasteiger partial charge in [0.15, 0.2) is 0 Å². The molecule has 0 aliphatic carbocycles. The van der Waals surface area contributed by atoms with Gasteiger partial charge in [-0.05, 0) is 37.7 Å². The third kappa shape index (κ3) is 1.91. The molecule has 3 nitrogen and oxygen atoms in total. The Balaban J connectivity index is 2.04. The van der Waals surface area contributed by atoms with Gasteiger partial charge in [0.25, 0.3) is 0 Å². The van der Waals surface area contributed by atoms with Crippen molar-refractivity contribution in [3.63, 3.8) is 0 Å². The normalized spacial score (nSPS) is 19.8. The fourth-order valence-corrected chi connectivity index (χ4v) is 2.71. The lowest BCUT2D eigenvalue weighted by molar-refractivity contribution is 0.260. The van der Waals surface area contributed by atoms with Crippen molar-refractivity contribution in [1.29, 1.82) is 0 Å². The van der Waals surface area contributed by atoms with Crippen LogP contribution in [0.25, 0.3) is 0 Å². The predicted octanol–water partition coefficient (Wildman–Crippen LogP) is 2.87. The van der Waals surface area contributed by atoms with Gasteiger partial charge >= 0.3 is 0 Å². The van der Waals surface area contributed by atoms with Gasteiger partial charge in [-0.1, -0.05) is 12.1 Å². The highest BCUT2D eigenvalue weighted by Gasteiger charge is 2.27. The molecule has 1 N–H and O–H groups in total. The second-order valence-electron chi connectivity index (χ2n) is 5.08. The number of phenolic OH excluding ortho intramolecular Hbond substituents is 1. The van der Waals surface area contributed by atoms with Crippen LogP contribution in [0.3, 0.4) is 0 Å². The van der Waals surface area contributed by atoms with Crippen molar-refractivity contribution in [1.82, 2.24) is 4.90 Å². The molecule has 0 saturated carbocycles. The summed E-state index contributed by atoms with van der Waals surface area (Å²) in [7, 11) is 2.11. The van der Waals surface area contributed by atoms with Gasteiger partial charge in [-0.2, -0.15) is 0 Å². The number of benzene rings is 1. The zero-order valence-electron chi connectivity index (χ0n) is 10.7. The van der Waals surface area contributed by atoms with E-state index in [1.807, 2.05) is 19.1 Å². The molecule has 2 aromatic rings. The van der Waals surface area contributed by atoms with Crippen LogP contribution in [-0.2, 0) is 6.54 Å². The lowest BCUT2D eigenvalue weighted by Crippen LogP contribution is -2.30. The fraction of sp³-hybridized carbons (Fsp3) is 0.333. The summed E-state index contributed by atoms with van der Waals surface area (Å²) in [4.78, 5) is 2.27. The number of likely N-dealkylation sites (N-methyl/N-ethyl adjacent to an activating group) is 1. The summed E-state index contributed by atoms with van der Waals surface area (Å²) in [5.74, 6) is 2.68. The zero-order valence-corrected chi connectivity index (χ0v) is 10.7. The lowest BCUT2D eigenvalue weighted by atomic mass is 9.88. The number of phenols is 1. The minimum Gasteiger partial charge on any atom is -0.508 e. The molecule has 1 aliphatic heterocycles. The topological polar surface area (TPSA) is 36.6 Å². The molecule has 1 unspecified atom stereocenters. The number of hydrogen-bond acceptors (Lipinski definition) is 3. The Morgan fingerprint density at radius 1 is 1.28 bits per heavy atom. The Kier molecular flexibility index (Phi) is 2.63. The van der Waals surface area contributed by atoms with E-state index in [2.05, 4.69) is 18.0 Å². The van der Waals surface area contributed by atoms with Gasteiger partial charge in [-0.15, -0.1) is 0 Å². The summed E-state index contributed by atoms with van der Waals surface area (Å²) < 4.78 is 5.76. The second-order valence-corrected chi connectivity index (χ2v) is 5.08. The average molecular weight is 243 g/mol. The maximum absolute atomic E-state index is 9.38. The largest absolute Gasteiger partial charge is 0.508 e. The minimum absolute atomic E-state index is 0.312. The zero-order chi connectivity index (χ0) is 12.7. The number of furan rings is 1. The summed E-state index contributed by atoms with van der Waals surface area (Å²) in [6, 6.07) is 9.61. The first-order valence-electron chi connectivity index (χ1n) is 6.20. The van der Waals surface area contributed by atoms with Crippen LogP contribution in [0, 0.1) is 6.92 Å². The van der Waals surface area contributed by atoms with Gasteiger partial charge in [0.05, 0.1) is 6.54 Å². The van der Waals surface area contributed by atoms with Crippen LogP contribution >= 0.6 is 0 Å². The maximum Gasteiger partial charge on any atom is 0.121 e. The van der Waals surface area contributed by atoms with E-state index in [0.717, 1.165) is 24.6 Å². The van der Waals surface area contributed by atoms with Crippen molar-refractivity contribution >= 4 is 0 Å². The maximum atomic E-state index is 9.38. The number of fused-ring (bicyclic) bond motifs is 1. The fourth-order valence-electron chi connectivity index (χ4n) is 2.71. The Morgan fingerprint density at radius 3 is 2.72 bits per heavy atom. The van der Waals surface area contributed by atoms with Crippen LogP contribution in [-0.4, -0.2) is 23.6 Å². The van der Waals surface area contributed by atoms with E-state index >= 15 is 0 Å². The number of nitrogens with zero attached hydrogens (tertiary/aromatic N) is 1. The van der Waals surface area contributed by atoms with Crippen molar-refractivity contribution in [3.05, 3.63) is 53.0 Å². The van der Waals surface area contributed by atoms with E-state index in [4.69, 9.17) is 4.42 Å². The van der Waals surface area contributed by atoms with Gasteiger partial charge in [0, 0.05) is 18.0 Å². The van der Waals surface area contributed by atoms with E-state index in [0.29, 0.717) is 11.7 Å². The second kappa shape index (κ2) is 4.18.